The number of hydrogen-bond donors (Lipinski definition) is 0. The van der Waals surface area contributed by atoms with Crippen LogP contribution in [0.5, 0.6) is 0 Å². The van der Waals surface area contributed by atoms with E-state index in [0.717, 1.165) is 0 Å². The average Bonchev–Trinajstić information content (AvgIpc) is 1.91. The molecular weight excluding hydrogens is 156 g/mol. The first kappa shape index (κ1) is 9.66. The Kier molecular flexibility index (Phi) is 5.26. The first-order valence-electron chi connectivity index (χ1n) is 3.11. The van der Waals surface area contributed by atoms with E-state index in [4.69, 9.17) is 0 Å². The molecule has 54 valence electrons. The van der Waals surface area contributed by atoms with Crippen LogP contribution in [0.3, 0.4) is 0 Å². The van der Waals surface area contributed by atoms with Gasteiger partial charge in [-0.15, -0.1) is 11.6 Å². The molecule has 0 heterocycles. The summed E-state index contributed by atoms with van der Waals surface area (Å²) in [5, 5.41) is 0. The normalized spacial score (nSPS) is 7.80. The number of rotatable bonds is 0. The van der Waals surface area contributed by atoms with E-state index < -0.39 is 0 Å². The van der Waals surface area contributed by atoms with Crippen molar-refractivity contribution >= 4 is 20.6 Å². The second-order valence-electron chi connectivity index (χ2n) is 2.16. The fourth-order valence-corrected chi connectivity index (χ4v) is 0.807. The van der Waals surface area contributed by atoms with Crippen LogP contribution in [-0.2, 0) is 0 Å². The van der Waals surface area contributed by atoms with Crippen molar-refractivity contribution in [2.24, 2.45) is 0 Å². The zero-order valence-electron chi connectivity index (χ0n) is 6.42. The third-order valence-electron chi connectivity index (χ3n) is 1.17. The smallest absolute Gasteiger partial charge is 0.0612 e. The maximum atomic E-state index is 4.11. The number of hydrogen-bond acceptors (Lipinski definition) is 1. The SMILES string of the molecule is Cc1cccc(C)c1.[SiH2]=S. The van der Waals surface area contributed by atoms with Crippen LogP contribution >= 0.6 is 11.6 Å². The van der Waals surface area contributed by atoms with Gasteiger partial charge in [0.1, 0.15) is 0 Å². The lowest BCUT2D eigenvalue weighted by Gasteiger charge is -1.90. The van der Waals surface area contributed by atoms with Gasteiger partial charge in [0, 0.05) is 0 Å². The lowest BCUT2D eigenvalue weighted by Crippen LogP contribution is -1.71. The van der Waals surface area contributed by atoms with Gasteiger partial charge < -0.3 is 0 Å². The third-order valence-corrected chi connectivity index (χ3v) is 1.17. The van der Waals surface area contributed by atoms with Crippen molar-refractivity contribution in [2.75, 3.05) is 0 Å². The molecule has 0 aliphatic rings. The van der Waals surface area contributed by atoms with E-state index in [9.17, 15) is 0 Å². The number of benzene rings is 1. The summed E-state index contributed by atoms with van der Waals surface area (Å²) in [6.07, 6.45) is 0. The molecule has 2 heteroatoms. The highest BCUT2D eigenvalue weighted by Gasteiger charge is 1.80. The third kappa shape index (κ3) is 3.64. The lowest BCUT2D eigenvalue weighted by atomic mass is 10.2. The lowest BCUT2D eigenvalue weighted by molar-refractivity contribution is 1.39. The molecule has 0 N–H and O–H groups in total. The van der Waals surface area contributed by atoms with Gasteiger partial charge >= 0.3 is 0 Å². The molecule has 0 aromatic heterocycles. The maximum Gasteiger partial charge on any atom is 0.0612 e. The highest BCUT2D eigenvalue weighted by molar-refractivity contribution is 7.83. The van der Waals surface area contributed by atoms with Crippen LogP contribution in [0.25, 0.3) is 0 Å². The Morgan fingerprint density at radius 2 is 1.50 bits per heavy atom. The van der Waals surface area contributed by atoms with Crippen molar-refractivity contribution in [3.63, 3.8) is 0 Å². The Balaban J connectivity index is 0.000000371. The molecule has 0 bridgehead atoms. The molecular formula is C8H12SSi. The Morgan fingerprint density at radius 1 is 1.10 bits per heavy atom. The molecule has 0 nitrogen and oxygen atoms in total. The van der Waals surface area contributed by atoms with Crippen molar-refractivity contribution in [3.05, 3.63) is 35.4 Å². The minimum absolute atomic E-state index is 1.34. The molecule has 10 heavy (non-hydrogen) atoms. The topological polar surface area (TPSA) is 0 Å². The molecule has 0 aliphatic carbocycles. The van der Waals surface area contributed by atoms with Gasteiger partial charge in [0.2, 0.25) is 0 Å². The molecule has 1 rings (SSSR count). The zero-order chi connectivity index (χ0) is 7.98. The summed E-state index contributed by atoms with van der Waals surface area (Å²) in [7, 11) is 1.44. The van der Waals surface area contributed by atoms with Gasteiger partial charge in [0.15, 0.2) is 0 Å². The van der Waals surface area contributed by atoms with Gasteiger partial charge in [0.25, 0.3) is 0 Å². The molecule has 1 aromatic carbocycles. The molecule has 0 atom stereocenters. The van der Waals surface area contributed by atoms with E-state index in [1.54, 1.807) is 0 Å². The highest BCUT2D eigenvalue weighted by Crippen LogP contribution is 2.00. The van der Waals surface area contributed by atoms with E-state index in [1.165, 1.54) is 20.1 Å². The molecule has 0 unspecified atom stereocenters. The van der Waals surface area contributed by atoms with E-state index in [2.05, 4.69) is 49.7 Å². The first-order chi connectivity index (χ1) is 4.79. The monoisotopic (exact) mass is 168 g/mol. The minimum Gasteiger partial charge on any atom is -0.147 e. The van der Waals surface area contributed by atoms with Gasteiger partial charge in [-0.3, -0.25) is 0 Å². The Labute approximate surface area is 70.2 Å². The van der Waals surface area contributed by atoms with Crippen molar-refractivity contribution in [2.45, 2.75) is 13.8 Å². The summed E-state index contributed by atoms with van der Waals surface area (Å²) in [4.78, 5) is 0. The van der Waals surface area contributed by atoms with Crippen LogP contribution in [0.15, 0.2) is 24.3 Å². The standard InChI is InChI=1S/C8H10.H2SSi/c1-7-4-3-5-8(2)6-7;1-2/h3-6H,1-2H3;2H2. The van der Waals surface area contributed by atoms with Crippen LogP contribution in [0.1, 0.15) is 11.1 Å². The fourth-order valence-electron chi connectivity index (χ4n) is 0.807. The van der Waals surface area contributed by atoms with Crippen molar-refractivity contribution in [1.82, 2.24) is 0 Å². The van der Waals surface area contributed by atoms with Crippen LogP contribution < -0.4 is 0 Å². The van der Waals surface area contributed by atoms with Gasteiger partial charge in [-0.2, -0.15) is 0 Å². The van der Waals surface area contributed by atoms with E-state index in [0.29, 0.717) is 0 Å². The second-order valence-corrected chi connectivity index (χ2v) is 2.16. The Hall–Kier alpha value is -0.343. The largest absolute Gasteiger partial charge is 0.147 e. The summed E-state index contributed by atoms with van der Waals surface area (Å²) >= 11 is 4.11. The summed E-state index contributed by atoms with van der Waals surface area (Å²) in [5.41, 5.74) is 2.68. The average molecular weight is 168 g/mol. The quantitative estimate of drug-likeness (QED) is 0.534. The summed E-state index contributed by atoms with van der Waals surface area (Å²) in [6.45, 7) is 4.21. The van der Waals surface area contributed by atoms with Crippen LogP contribution in [0, 0.1) is 13.8 Å². The molecule has 0 radical (unpaired) electrons. The maximum absolute atomic E-state index is 4.11. The van der Waals surface area contributed by atoms with Crippen LogP contribution in [0.4, 0.5) is 0 Å². The summed E-state index contributed by atoms with van der Waals surface area (Å²) < 4.78 is 0. The summed E-state index contributed by atoms with van der Waals surface area (Å²) in [6, 6.07) is 8.45. The summed E-state index contributed by atoms with van der Waals surface area (Å²) in [5.74, 6) is 0. The first-order valence-corrected chi connectivity index (χ1v) is 5.42. The highest BCUT2D eigenvalue weighted by atomic mass is 32.2. The van der Waals surface area contributed by atoms with Crippen molar-refractivity contribution in [1.29, 1.82) is 0 Å². The molecule has 0 spiro atoms. The molecule has 1 aromatic rings. The van der Waals surface area contributed by atoms with Gasteiger partial charge in [0.05, 0.1) is 8.95 Å². The fraction of sp³-hybridized carbons (Fsp3) is 0.250. The van der Waals surface area contributed by atoms with Crippen molar-refractivity contribution < 1.29 is 0 Å². The zero-order valence-corrected chi connectivity index (χ0v) is 8.66. The van der Waals surface area contributed by atoms with E-state index >= 15 is 0 Å². The molecule has 0 saturated carbocycles. The molecule has 0 fully saturated rings. The van der Waals surface area contributed by atoms with Crippen LogP contribution in [0.2, 0.25) is 0 Å². The van der Waals surface area contributed by atoms with Crippen LogP contribution in [-0.4, -0.2) is 8.95 Å². The molecule has 0 saturated heterocycles. The Morgan fingerprint density at radius 3 is 1.70 bits per heavy atom. The predicted octanol–water partition coefficient (Wildman–Crippen LogP) is 2.04. The van der Waals surface area contributed by atoms with Crippen molar-refractivity contribution in [3.8, 4) is 0 Å². The molecule has 0 amide bonds. The molecule has 0 aliphatic heterocycles. The predicted molar refractivity (Wildman–Crippen MR) is 52.1 cm³/mol. The van der Waals surface area contributed by atoms with E-state index in [1.807, 2.05) is 0 Å². The van der Waals surface area contributed by atoms with Gasteiger partial charge in [-0.25, -0.2) is 0 Å². The Bertz CT molecular complexity index is 181. The second kappa shape index (κ2) is 5.44. The van der Waals surface area contributed by atoms with E-state index in [-0.39, 0.29) is 0 Å². The minimum atomic E-state index is 1.34. The number of aryl methyl sites for hydroxylation is 2. The van der Waals surface area contributed by atoms with Gasteiger partial charge in [-0.1, -0.05) is 35.4 Å². The van der Waals surface area contributed by atoms with Gasteiger partial charge in [-0.05, 0) is 13.8 Å².